The molecule has 5 aromatic rings. The minimum Gasteiger partial charge on any atom is -0.493 e. The summed E-state index contributed by atoms with van der Waals surface area (Å²) in [5, 5.41) is 1.81. The summed E-state index contributed by atoms with van der Waals surface area (Å²) in [6.07, 6.45) is 1.78. The van der Waals surface area contributed by atoms with Crippen molar-refractivity contribution in [2.45, 2.75) is 33.4 Å². The van der Waals surface area contributed by atoms with Crippen LogP contribution in [0.25, 0.3) is 16.8 Å². The number of esters is 1. The van der Waals surface area contributed by atoms with Gasteiger partial charge < -0.3 is 18.9 Å². The van der Waals surface area contributed by atoms with Gasteiger partial charge in [0.05, 0.1) is 42.2 Å². The number of allylic oxidation sites excluding steroid dienone is 1. The van der Waals surface area contributed by atoms with Gasteiger partial charge in [0, 0.05) is 11.1 Å². The summed E-state index contributed by atoms with van der Waals surface area (Å²) < 4.78 is 39.3. The van der Waals surface area contributed by atoms with Gasteiger partial charge in [-0.05, 0) is 67.4 Å². The van der Waals surface area contributed by atoms with E-state index < -0.39 is 12.0 Å². The van der Waals surface area contributed by atoms with Gasteiger partial charge in [0.15, 0.2) is 16.3 Å². The van der Waals surface area contributed by atoms with E-state index in [9.17, 15) is 14.0 Å². The predicted octanol–water partition coefficient (Wildman–Crippen LogP) is 6.08. The maximum atomic E-state index is 14.4. The van der Waals surface area contributed by atoms with Crippen molar-refractivity contribution < 1.29 is 28.1 Å². The normalized spacial score (nSPS) is 14.5. The van der Waals surface area contributed by atoms with E-state index >= 15 is 0 Å². The molecule has 0 N–H and O–H groups in total. The first kappa shape index (κ1) is 31.7. The molecule has 10 heteroatoms. The molecule has 0 radical (unpaired) electrons. The Bertz CT molecular complexity index is 2200. The number of thiazole rings is 1. The number of rotatable bonds is 10. The maximum Gasteiger partial charge on any atom is 0.338 e. The van der Waals surface area contributed by atoms with Crippen LogP contribution in [0.5, 0.6) is 17.2 Å². The van der Waals surface area contributed by atoms with Crippen molar-refractivity contribution in [2.24, 2.45) is 4.99 Å². The highest BCUT2D eigenvalue weighted by molar-refractivity contribution is 7.07. The number of carbonyl (C=O) groups excluding carboxylic acids is 1. The smallest absolute Gasteiger partial charge is 0.338 e. The zero-order valence-corrected chi connectivity index (χ0v) is 27.2. The van der Waals surface area contributed by atoms with Gasteiger partial charge in [-0.3, -0.25) is 9.36 Å². The molecule has 1 atom stereocenters. The molecule has 0 aliphatic carbocycles. The van der Waals surface area contributed by atoms with Gasteiger partial charge in [-0.1, -0.05) is 65.9 Å². The van der Waals surface area contributed by atoms with Crippen LogP contribution in [-0.4, -0.2) is 30.9 Å². The largest absolute Gasteiger partial charge is 0.493 e. The lowest BCUT2D eigenvalue weighted by Gasteiger charge is -2.25. The number of halogens is 1. The van der Waals surface area contributed by atoms with Crippen molar-refractivity contribution in [3.8, 4) is 17.2 Å². The number of hydrogen-bond acceptors (Lipinski definition) is 8. The number of benzene rings is 4. The summed E-state index contributed by atoms with van der Waals surface area (Å²) in [7, 11) is 1.55. The summed E-state index contributed by atoms with van der Waals surface area (Å²) in [4.78, 5) is 32.9. The molecule has 0 spiro atoms. The summed E-state index contributed by atoms with van der Waals surface area (Å²) in [5.74, 6) is 0.594. The molecule has 4 aromatic carbocycles. The third-order valence-corrected chi connectivity index (χ3v) is 8.85. The van der Waals surface area contributed by atoms with Crippen LogP contribution in [0.15, 0.2) is 99.9 Å². The van der Waals surface area contributed by atoms with E-state index in [-0.39, 0.29) is 30.2 Å². The van der Waals surface area contributed by atoms with Crippen molar-refractivity contribution in [2.75, 3.05) is 20.3 Å². The van der Waals surface area contributed by atoms with E-state index in [1.807, 2.05) is 43.3 Å². The second kappa shape index (κ2) is 13.6. The van der Waals surface area contributed by atoms with Crippen molar-refractivity contribution in [1.29, 1.82) is 0 Å². The lowest BCUT2D eigenvalue weighted by molar-refractivity contribution is -0.139. The maximum absolute atomic E-state index is 14.4. The Kier molecular flexibility index (Phi) is 9.22. The Hall–Kier alpha value is -5.22. The van der Waals surface area contributed by atoms with Crippen LogP contribution in [0.1, 0.15) is 43.5 Å². The van der Waals surface area contributed by atoms with Gasteiger partial charge >= 0.3 is 5.97 Å². The number of hydrogen-bond donors (Lipinski definition) is 0. The Morgan fingerprint density at radius 3 is 2.49 bits per heavy atom. The Morgan fingerprint density at radius 2 is 1.72 bits per heavy atom. The molecular weight excluding hydrogens is 619 g/mol. The van der Waals surface area contributed by atoms with Crippen LogP contribution in [0, 0.1) is 5.82 Å². The minimum absolute atomic E-state index is 0.00876. The lowest BCUT2D eigenvalue weighted by atomic mass is 9.95. The van der Waals surface area contributed by atoms with Gasteiger partial charge in [-0.2, -0.15) is 0 Å². The molecule has 2 heterocycles. The average Bonchev–Trinajstić information content (AvgIpc) is 3.38. The first-order valence-electron chi connectivity index (χ1n) is 15.2. The molecule has 0 saturated carbocycles. The third-order valence-electron chi connectivity index (χ3n) is 7.87. The quantitative estimate of drug-likeness (QED) is 0.170. The van der Waals surface area contributed by atoms with Crippen molar-refractivity contribution in [3.63, 3.8) is 0 Å². The first-order chi connectivity index (χ1) is 22.8. The van der Waals surface area contributed by atoms with Gasteiger partial charge in [0.2, 0.25) is 0 Å². The number of nitrogens with zero attached hydrogens (tertiary/aromatic N) is 2. The summed E-state index contributed by atoms with van der Waals surface area (Å²) in [6, 6.07) is 22.5. The lowest BCUT2D eigenvalue weighted by Crippen LogP contribution is -2.40. The van der Waals surface area contributed by atoms with Gasteiger partial charge in [0.1, 0.15) is 18.2 Å². The number of carbonyl (C=O) groups is 1. The third kappa shape index (κ3) is 6.16. The summed E-state index contributed by atoms with van der Waals surface area (Å²) in [5.41, 5.74) is 2.10. The van der Waals surface area contributed by atoms with Gasteiger partial charge in [-0.15, -0.1) is 0 Å². The standard InChI is InChI=1S/C37H33FN2O6S/c1-5-44-31-19-24(16-18-30(31)43-4)34-33(36(42)45-6-2)22(3)39-37-40(34)35(41)32(47-37)20-27-26-13-9-7-11-23(26)15-17-29(27)46-21-25-12-8-10-14-28(25)38/h7-20,34H,5-6,21H2,1-4H3/b32-20-/t34-/m1/s1. The molecule has 8 nitrogen and oxygen atoms in total. The second-order valence-electron chi connectivity index (χ2n) is 10.7. The highest BCUT2D eigenvalue weighted by Gasteiger charge is 2.34. The average molecular weight is 653 g/mol. The molecule has 0 saturated heterocycles. The zero-order valence-electron chi connectivity index (χ0n) is 26.4. The van der Waals surface area contributed by atoms with E-state index in [1.54, 1.807) is 63.4 Å². The van der Waals surface area contributed by atoms with Crippen LogP contribution < -0.4 is 29.1 Å². The fourth-order valence-electron chi connectivity index (χ4n) is 5.69. The molecule has 0 bridgehead atoms. The highest BCUT2D eigenvalue weighted by Crippen LogP contribution is 2.36. The fourth-order valence-corrected chi connectivity index (χ4v) is 6.72. The Balaban J connectivity index is 1.54. The molecule has 0 fully saturated rings. The molecule has 0 amide bonds. The van der Waals surface area contributed by atoms with Crippen molar-refractivity contribution in [1.82, 2.24) is 4.57 Å². The highest BCUT2D eigenvalue weighted by atomic mass is 32.1. The van der Waals surface area contributed by atoms with Gasteiger partial charge in [0.25, 0.3) is 5.56 Å². The predicted molar refractivity (Wildman–Crippen MR) is 179 cm³/mol. The SMILES string of the molecule is CCOC(=O)C1=C(C)N=c2s/c(=C\c3c(OCc4ccccc4F)ccc4ccccc34)c(=O)n2[C@@H]1c1ccc(OC)c(OCC)c1. The zero-order chi connectivity index (χ0) is 33.1. The second-order valence-corrected chi connectivity index (χ2v) is 11.7. The van der Waals surface area contributed by atoms with E-state index in [1.165, 1.54) is 22.0 Å². The number of fused-ring (bicyclic) bond motifs is 2. The fraction of sp³-hybridized carbons (Fsp3) is 0.216. The van der Waals surface area contributed by atoms with Crippen molar-refractivity contribution in [3.05, 3.63) is 132 Å². The van der Waals surface area contributed by atoms with Crippen LogP contribution in [0.4, 0.5) is 4.39 Å². The summed E-state index contributed by atoms with van der Waals surface area (Å²) in [6.45, 7) is 5.90. The molecule has 6 rings (SSSR count). The molecule has 47 heavy (non-hydrogen) atoms. The number of methoxy groups -OCH3 is 1. The molecule has 1 aliphatic heterocycles. The van der Waals surface area contributed by atoms with Crippen LogP contribution >= 0.6 is 11.3 Å². The summed E-state index contributed by atoms with van der Waals surface area (Å²) >= 11 is 1.21. The minimum atomic E-state index is -0.832. The monoisotopic (exact) mass is 652 g/mol. The first-order valence-corrected chi connectivity index (χ1v) is 16.0. The van der Waals surface area contributed by atoms with E-state index in [0.29, 0.717) is 55.6 Å². The molecule has 0 unspecified atom stereocenters. The van der Waals surface area contributed by atoms with E-state index in [2.05, 4.69) is 0 Å². The van der Waals surface area contributed by atoms with E-state index in [0.717, 1.165) is 10.8 Å². The van der Waals surface area contributed by atoms with Gasteiger partial charge in [-0.25, -0.2) is 14.2 Å². The van der Waals surface area contributed by atoms with E-state index in [4.69, 9.17) is 23.9 Å². The molecular formula is C37H33FN2O6S. The van der Waals surface area contributed by atoms with Crippen LogP contribution in [0.2, 0.25) is 0 Å². The molecule has 1 aliphatic rings. The topological polar surface area (TPSA) is 88.4 Å². The van der Waals surface area contributed by atoms with Crippen LogP contribution in [-0.2, 0) is 16.1 Å². The molecule has 240 valence electrons. The molecule has 1 aromatic heterocycles. The Morgan fingerprint density at radius 1 is 0.957 bits per heavy atom. The number of ether oxygens (including phenoxy) is 4. The van der Waals surface area contributed by atoms with Crippen LogP contribution in [0.3, 0.4) is 0 Å². The Labute approximate surface area is 274 Å². The van der Waals surface area contributed by atoms with Crippen molar-refractivity contribution >= 4 is 34.2 Å². The number of aromatic nitrogens is 1.